The molecule has 0 unspecified atom stereocenters. The predicted octanol–water partition coefficient (Wildman–Crippen LogP) is 2.95. The van der Waals surface area contributed by atoms with E-state index >= 15 is 0 Å². The molecule has 5 nitrogen and oxygen atoms in total. The number of ether oxygens (including phenoxy) is 1. The molecule has 1 heterocycles. The van der Waals surface area contributed by atoms with Crippen LogP contribution in [-0.2, 0) is 23.8 Å². The molecule has 2 aromatic rings. The minimum absolute atomic E-state index is 0.107. The van der Waals surface area contributed by atoms with Crippen molar-refractivity contribution in [2.24, 2.45) is 7.05 Å². The summed E-state index contributed by atoms with van der Waals surface area (Å²) in [6.45, 7) is 0.459. The zero-order chi connectivity index (χ0) is 17.0. The fourth-order valence-electron chi connectivity index (χ4n) is 3.61. The molecule has 1 aliphatic rings. The maximum Gasteiger partial charge on any atom is 0.231 e. The molecule has 24 heavy (non-hydrogen) atoms. The Kier molecular flexibility index (Phi) is 4.88. The molecule has 0 atom stereocenters. The number of hydrogen-bond acceptors (Lipinski definition) is 3. The van der Waals surface area contributed by atoms with E-state index in [9.17, 15) is 4.79 Å². The number of carbonyl (C=O) groups is 1. The van der Waals surface area contributed by atoms with E-state index < -0.39 is 5.41 Å². The van der Waals surface area contributed by atoms with Gasteiger partial charge in [-0.25, -0.2) is 4.98 Å². The van der Waals surface area contributed by atoms with Gasteiger partial charge in [-0.2, -0.15) is 0 Å². The quantitative estimate of drug-likeness (QED) is 0.918. The lowest BCUT2D eigenvalue weighted by atomic mass is 9.68. The molecule has 3 rings (SSSR count). The summed E-state index contributed by atoms with van der Waals surface area (Å²) in [5, 5.41) is 3.11. The number of aromatic nitrogens is 2. The summed E-state index contributed by atoms with van der Waals surface area (Å²) >= 11 is 0. The van der Waals surface area contributed by atoms with Crippen molar-refractivity contribution in [3.05, 3.63) is 48.0 Å². The van der Waals surface area contributed by atoms with E-state index in [0.29, 0.717) is 6.54 Å². The molecule has 1 fully saturated rings. The number of carbonyl (C=O) groups excluding carboxylic acids is 1. The van der Waals surface area contributed by atoms with Crippen molar-refractivity contribution in [2.75, 3.05) is 7.11 Å². The monoisotopic (exact) mass is 327 g/mol. The number of rotatable bonds is 5. The van der Waals surface area contributed by atoms with Crippen molar-refractivity contribution in [2.45, 2.75) is 44.1 Å². The molecule has 1 aliphatic carbocycles. The van der Waals surface area contributed by atoms with Gasteiger partial charge in [0.15, 0.2) is 0 Å². The van der Waals surface area contributed by atoms with Crippen LogP contribution in [0.3, 0.4) is 0 Å². The fourth-order valence-corrected chi connectivity index (χ4v) is 3.61. The highest BCUT2D eigenvalue weighted by Crippen LogP contribution is 2.40. The van der Waals surface area contributed by atoms with E-state index in [1.165, 1.54) is 6.42 Å². The molecule has 5 heteroatoms. The smallest absolute Gasteiger partial charge is 0.231 e. The van der Waals surface area contributed by atoms with Gasteiger partial charge in [0, 0.05) is 19.4 Å². The molecule has 0 spiro atoms. The van der Waals surface area contributed by atoms with Gasteiger partial charge in [-0.3, -0.25) is 4.79 Å². The van der Waals surface area contributed by atoms with Crippen LogP contribution in [0.25, 0.3) is 0 Å². The number of imidazole rings is 1. The van der Waals surface area contributed by atoms with Gasteiger partial charge >= 0.3 is 0 Å². The van der Waals surface area contributed by atoms with Crippen LogP contribution in [0.2, 0.25) is 0 Å². The Morgan fingerprint density at radius 2 is 1.96 bits per heavy atom. The third kappa shape index (κ3) is 3.16. The van der Waals surface area contributed by atoms with Crippen LogP contribution >= 0.6 is 0 Å². The average Bonchev–Trinajstić information content (AvgIpc) is 3.05. The average molecular weight is 327 g/mol. The molecule has 1 N–H and O–H groups in total. The summed E-state index contributed by atoms with van der Waals surface area (Å²) in [5.74, 6) is 1.79. The second-order valence-electron chi connectivity index (χ2n) is 6.51. The maximum absolute atomic E-state index is 13.1. The molecule has 128 valence electrons. The summed E-state index contributed by atoms with van der Waals surface area (Å²) in [6.07, 6.45) is 8.80. The van der Waals surface area contributed by atoms with E-state index in [1.807, 2.05) is 42.1 Å². The van der Waals surface area contributed by atoms with Crippen molar-refractivity contribution in [1.82, 2.24) is 14.9 Å². The molecular weight excluding hydrogens is 302 g/mol. The van der Waals surface area contributed by atoms with Gasteiger partial charge in [-0.1, -0.05) is 31.4 Å². The van der Waals surface area contributed by atoms with E-state index in [1.54, 1.807) is 13.3 Å². The van der Waals surface area contributed by atoms with Gasteiger partial charge in [0.25, 0.3) is 0 Å². The highest BCUT2D eigenvalue weighted by molar-refractivity contribution is 5.88. The first-order chi connectivity index (χ1) is 11.7. The van der Waals surface area contributed by atoms with Crippen molar-refractivity contribution < 1.29 is 9.53 Å². The number of methoxy groups -OCH3 is 1. The number of hydrogen-bond donors (Lipinski definition) is 1. The number of nitrogens with zero attached hydrogens (tertiary/aromatic N) is 2. The summed E-state index contributed by atoms with van der Waals surface area (Å²) in [7, 11) is 3.60. The van der Waals surface area contributed by atoms with Gasteiger partial charge in [0.1, 0.15) is 11.6 Å². The Labute approximate surface area is 143 Å². The Morgan fingerprint density at radius 3 is 2.54 bits per heavy atom. The molecule has 0 aliphatic heterocycles. The lowest BCUT2D eigenvalue weighted by molar-refractivity contribution is -0.128. The molecular formula is C19H25N3O2. The minimum Gasteiger partial charge on any atom is -0.497 e. The van der Waals surface area contributed by atoms with Crippen LogP contribution in [0.15, 0.2) is 36.7 Å². The van der Waals surface area contributed by atoms with E-state index in [-0.39, 0.29) is 5.91 Å². The predicted molar refractivity (Wildman–Crippen MR) is 92.8 cm³/mol. The van der Waals surface area contributed by atoms with Crippen molar-refractivity contribution in [1.29, 1.82) is 0 Å². The highest BCUT2D eigenvalue weighted by atomic mass is 16.5. The zero-order valence-electron chi connectivity index (χ0n) is 14.4. The van der Waals surface area contributed by atoms with Gasteiger partial charge in [0.05, 0.1) is 19.1 Å². The van der Waals surface area contributed by atoms with Gasteiger partial charge < -0.3 is 14.6 Å². The second-order valence-corrected chi connectivity index (χ2v) is 6.51. The third-order valence-electron chi connectivity index (χ3n) is 5.11. The standard InChI is InChI=1S/C19H25N3O2/c1-22-13-12-20-17(22)14-21-18(23)19(10-4-3-5-11-19)15-6-8-16(24-2)9-7-15/h6-9,12-13H,3-5,10-11,14H2,1-2H3,(H,21,23). The summed E-state index contributed by atoms with van der Waals surface area (Å²) in [6, 6.07) is 7.95. The van der Waals surface area contributed by atoms with Crippen LogP contribution in [0.1, 0.15) is 43.5 Å². The third-order valence-corrected chi connectivity index (χ3v) is 5.11. The summed E-state index contributed by atoms with van der Waals surface area (Å²) < 4.78 is 7.18. The first kappa shape index (κ1) is 16.6. The Morgan fingerprint density at radius 1 is 1.25 bits per heavy atom. The van der Waals surface area contributed by atoms with E-state index in [4.69, 9.17) is 4.74 Å². The molecule has 0 bridgehead atoms. The largest absolute Gasteiger partial charge is 0.497 e. The van der Waals surface area contributed by atoms with Crippen LogP contribution in [0.4, 0.5) is 0 Å². The van der Waals surface area contributed by atoms with Gasteiger partial charge in [0.2, 0.25) is 5.91 Å². The molecule has 1 amide bonds. The fraction of sp³-hybridized carbons (Fsp3) is 0.474. The first-order valence-electron chi connectivity index (χ1n) is 8.55. The summed E-state index contributed by atoms with van der Waals surface area (Å²) in [5.41, 5.74) is 0.649. The number of amides is 1. The number of nitrogens with one attached hydrogen (secondary N) is 1. The Bertz CT molecular complexity index is 685. The lowest BCUT2D eigenvalue weighted by Gasteiger charge is -2.36. The molecule has 1 aromatic carbocycles. The van der Waals surface area contributed by atoms with E-state index in [2.05, 4.69) is 10.3 Å². The van der Waals surface area contributed by atoms with Crippen molar-refractivity contribution >= 4 is 5.91 Å². The van der Waals surface area contributed by atoms with Crippen LogP contribution in [0.5, 0.6) is 5.75 Å². The SMILES string of the molecule is COc1ccc(C2(C(=O)NCc3nccn3C)CCCCC2)cc1. The van der Waals surface area contributed by atoms with Gasteiger partial charge in [-0.05, 0) is 30.5 Å². The molecule has 1 saturated carbocycles. The second kappa shape index (κ2) is 7.07. The number of aryl methyl sites for hydroxylation is 1. The van der Waals surface area contributed by atoms with Gasteiger partial charge in [-0.15, -0.1) is 0 Å². The van der Waals surface area contributed by atoms with Crippen LogP contribution in [0, 0.1) is 0 Å². The maximum atomic E-state index is 13.1. The first-order valence-corrected chi connectivity index (χ1v) is 8.55. The lowest BCUT2D eigenvalue weighted by Crippen LogP contribution is -2.45. The van der Waals surface area contributed by atoms with E-state index in [0.717, 1.165) is 42.8 Å². The molecule has 1 aromatic heterocycles. The highest BCUT2D eigenvalue weighted by Gasteiger charge is 2.41. The minimum atomic E-state index is -0.435. The molecule has 0 saturated heterocycles. The Hall–Kier alpha value is -2.30. The normalized spacial score (nSPS) is 16.6. The topological polar surface area (TPSA) is 56.1 Å². The Balaban J connectivity index is 1.81. The van der Waals surface area contributed by atoms with Crippen molar-refractivity contribution in [3.8, 4) is 5.75 Å². The molecule has 0 radical (unpaired) electrons. The van der Waals surface area contributed by atoms with Crippen LogP contribution in [-0.4, -0.2) is 22.6 Å². The number of benzene rings is 1. The summed E-state index contributed by atoms with van der Waals surface area (Å²) in [4.78, 5) is 17.4. The van der Waals surface area contributed by atoms with Crippen LogP contribution < -0.4 is 10.1 Å². The zero-order valence-corrected chi connectivity index (χ0v) is 14.4. The van der Waals surface area contributed by atoms with Crippen molar-refractivity contribution in [3.63, 3.8) is 0 Å².